The molecule has 4 nitrogen and oxygen atoms in total. The summed E-state index contributed by atoms with van der Waals surface area (Å²) in [4.78, 5) is 2.16. The summed E-state index contributed by atoms with van der Waals surface area (Å²) in [5.41, 5.74) is 1.22. The smallest absolute Gasteiger partial charge is 0.161 e. The molecule has 1 rings (SSSR count). The van der Waals surface area contributed by atoms with Crippen molar-refractivity contribution in [2.45, 2.75) is 26.3 Å². The normalized spacial score (nSPS) is 10.8. The number of rotatable bonds is 10. The first-order chi connectivity index (χ1) is 9.67. The summed E-state index contributed by atoms with van der Waals surface area (Å²) in [7, 11) is 5.82. The van der Waals surface area contributed by atoms with Crippen LogP contribution in [-0.2, 0) is 6.54 Å². The predicted molar refractivity (Wildman–Crippen MR) is 83.7 cm³/mol. The van der Waals surface area contributed by atoms with Crippen molar-refractivity contribution in [1.82, 2.24) is 10.2 Å². The van der Waals surface area contributed by atoms with E-state index in [2.05, 4.69) is 43.4 Å². The van der Waals surface area contributed by atoms with E-state index in [-0.39, 0.29) is 0 Å². The second-order valence-corrected chi connectivity index (χ2v) is 5.17. The van der Waals surface area contributed by atoms with Gasteiger partial charge < -0.3 is 19.7 Å². The fourth-order valence-electron chi connectivity index (χ4n) is 1.92. The Morgan fingerprint density at radius 2 is 2.00 bits per heavy atom. The molecule has 1 N–H and O–H groups in total. The highest BCUT2D eigenvalue weighted by Gasteiger charge is 2.06. The van der Waals surface area contributed by atoms with E-state index in [0.29, 0.717) is 6.61 Å². The Morgan fingerprint density at radius 3 is 2.65 bits per heavy atom. The van der Waals surface area contributed by atoms with E-state index in [1.165, 1.54) is 5.56 Å². The van der Waals surface area contributed by atoms with Crippen molar-refractivity contribution in [2.75, 3.05) is 40.9 Å². The third-order valence-corrected chi connectivity index (χ3v) is 2.99. The minimum absolute atomic E-state index is 0.709. The van der Waals surface area contributed by atoms with Crippen molar-refractivity contribution in [3.8, 4) is 11.5 Å². The maximum Gasteiger partial charge on any atom is 0.161 e. The van der Waals surface area contributed by atoms with Gasteiger partial charge in [0.05, 0.1) is 13.7 Å². The monoisotopic (exact) mass is 280 g/mol. The van der Waals surface area contributed by atoms with Crippen molar-refractivity contribution in [1.29, 1.82) is 0 Å². The molecule has 0 aliphatic heterocycles. The molecule has 0 aliphatic rings. The lowest BCUT2D eigenvalue weighted by molar-refractivity contribution is 0.268. The van der Waals surface area contributed by atoms with Crippen LogP contribution < -0.4 is 14.8 Å². The summed E-state index contributed by atoms with van der Waals surface area (Å²) in [6, 6.07) is 6.12. The number of methoxy groups -OCH3 is 1. The van der Waals surface area contributed by atoms with Crippen molar-refractivity contribution >= 4 is 0 Å². The maximum atomic E-state index is 5.85. The maximum absolute atomic E-state index is 5.85. The van der Waals surface area contributed by atoms with Crippen molar-refractivity contribution < 1.29 is 9.47 Å². The topological polar surface area (TPSA) is 33.7 Å². The summed E-state index contributed by atoms with van der Waals surface area (Å²) in [5, 5.41) is 3.40. The first kappa shape index (κ1) is 16.8. The predicted octanol–water partition coefficient (Wildman–Crippen LogP) is 2.53. The first-order valence-electron chi connectivity index (χ1n) is 7.32. The minimum Gasteiger partial charge on any atom is -0.493 e. The average Bonchev–Trinajstić information content (AvgIpc) is 2.44. The molecule has 0 spiro atoms. The van der Waals surface area contributed by atoms with E-state index >= 15 is 0 Å². The summed E-state index contributed by atoms with van der Waals surface area (Å²) < 4.78 is 11.2. The van der Waals surface area contributed by atoms with Gasteiger partial charge in [0.1, 0.15) is 0 Å². The molecule has 114 valence electrons. The van der Waals surface area contributed by atoms with E-state index in [0.717, 1.165) is 44.0 Å². The van der Waals surface area contributed by atoms with E-state index in [4.69, 9.17) is 9.47 Å². The Kier molecular flexibility index (Phi) is 8.07. The zero-order valence-electron chi connectivity index (χ0n) is 13.2. The third kappa shape index (κ3) is 6.26. The van der Waals surface area contributed by atoms with Crippen LogP contribution in [0.2, 0.25) is 0 Å². The fourth-order valence-corrected chi connectivity index (χ4v) is 1.92. The standard InChI is InChI=1S/C16H28N2O2/c1-5-9-17-13-14-7-8-15(19-4)16(12-14)20-11-6-10-18(2)3/h7-8,12,17H,5-6,9-11,13H2,1-4H3. The van der Waals surface area contributed by atoms with Crippen LogP contribution in [0.1, 0.15) is 25.3 Å². The summed E-state index contributed by atoms with van der Waals surface area (Å²) in [6.07, 6.45) is 2.15. The van der Waals surface area contributed by atoms with E-state index < -0.39 is 0 Å². The zero-order valence-corrected chi connectivity index (χ0v) is 13.2. The van der Waals surface area contributed by atoms with Crippen LogP contribution in [0.15, 0.2) is 18.2 Å². The molecule has 1 aromatic rings. The SMILES string of the molecule is CCCNCc1ccc(OC)c(OCCCN(C)C)c1. The number of nitrogens with one attached hydrogen (secondary N) is 1. The third-order valence-electron chi connectivity index (χ3n) is 2.99. The molecule has 0 amide bonds. The molecule has 0 saturated heterocycles. The molecule has 4 heteroatoms. The lowest BCUT2D eigenvalue weighted by Gasteiger charge is -2.14. The highest BCUT2D eigenvalue weighted by atomic mass is 16.5. The molecular weight excluding hydrogens is 252 g/mol. The van der Waals surface area contributed by atoms with Gasteiger partial charge >= 0.3 is 0 Å². The Morgan fingerprint density at radius 1 is 1.20 bits per heavy atom. The Bertz CT molecular complexity index is 381. The zero-order chi connectivity index (χ0) is 14.8. The van der Waals surface area contributed by atoms with Crippen LogP contribution >= 0.6 is 0 Å². The van der Waals surface area contributed by atoms with E-state index in [1.54, 1.807) is 7.11 Å². The highest BCUT2D eigenvalue weighted by Crippen LogP contribution is 2.28. The van der Waals surface area contributed by atoms with Gasteiger partial charge in [-0.25, -0.2) is 0 Å². The van der Waals surface area contributed by atoms with Crippen LogP contribution in [-0.4, -0.2) is 45.8 Å². The summed E-state index contributed by atoms with van der Waals surface area (Å²) in [5.74, 6) is 1.64. The Hall–Kier alpha value is -1.26. The Labute approximate surface area is 123 Å². The number of ether oxygens (including phenoxy) is 2. The number of hydrogen-bond donors (Lipinski definition) is 1. The van der Waals surface area contributed by atoms with Crippen molar-refractivity contribution in [3.05, 3.63) is 23.8 Å². The molecule has 0 radical (unpaired) electrons. The average molecular weight is 280 g/mol. The summed E-state index contributed by atoms with van der Waals surface area (Å²) in [6.45, 7) is 5.80. The van der Waals surface area contributed by atoms with Gasteiger partial charge in [0, 0.05) is 13.1 Å². The van der Waals surface area contributed by atoms with Gasteiger partial charge in [-0.3, -0.25) is 0 Å². The quantitative estimate of drug-likeness (QED) is 0.668. The summed E-state index contributed by atoms with van der Waals surface area (Å²) >= 11 is 0. The minimum atomic E-state index is 0.709. The molecule has 0 aromatic heterocycles. The molecular formula is C16H28N2O2. The lowest BCUT2D eigenvalue weighted by Crippen LogP contribution is -2.16. The van der Waals surface area contributed by atoms with E-state index in [9.17, 15) is 0 Å². The van der Waals surface area contributed by atoms with Gasteiger partial charge in [0.15, 0.2) is 11.5 Å². The van der Waals surface area contributed by atoms with Crippen LogP contribution in [0.25, 0.3) is 0 Å². The number of benzene rings is 1. The van der Waals surface area contributed by atoms with Crippen LogP contribution in [0.4, 0.5) is 0 Å². The second-order valence-electron chi connectivity index (χ2n) is 5.17. The number of nitrogens with zero attached hydrogens (tertiary/aromatic N) is 1. The van der Waals surface area contributed by atoms with Gasteiger partial charge in [-0.15, -0.1) is 0 Å². The van der Waals surface area contributed by atoms with Gasteiger partial charge in [0.2, 0.25) is 0 Å². The van der Waals surface area contributed by atoms with Crippen molar-refractivity contribution in [3.63, 3.8) is 0 Å². The molecule has 0 saturated carbocycles. The van der Waals surface area contributed by atoms with Gasteiger partial charge in [-0.1, -0.05) is 13.0 Å². The van der Waals surface area contributed by atoms with Crippen LogP contribution in [0.5, 0.6) is 11.5 Å². The first-order valence-corrected chi connectivity index (χ1v) is 7.32. The van der Waals surface area contributed by atoms with Crippen LogP contribution in [0.3, 0.4) is 0 Å². The molecule has 0 bridgehead atoms. The van der Waals surface area contributed by atoms with Crippen LogP contribution in [0, 0.1) is 0 Å². The Balaban J connectivity index is 2.54. The molecule has 0 heterocycles. The highest BCUT2D eigenvalue weighted by molar-refractivity contribution is 5.42. The second kappa shape index (κ2) is 9.61. The van der Waals surface area contributed by atoms with E-state index in [1.807, 2.05) is 6.07 Å². The molecule has 20 heavy (non-hydrogen) atoms. The van der Waals surface area contributed by atoms with Crippen molar-refractivity contribution in [2.24, 2.45) is 0 Å². The molecule has 0 aliphatic carbocycles. The molecule has 0 fully saturated rings. The molecule has 1 aromatic carbocycles. The van der Waals surface area contributed by atoms with Gasteiger partial charge in [0.25, 0.3) is 0 Å². The molecule has 0 atom stereocenters. The largest absolute Gasteiger partial charge is 0.493 e. The van der Waals surface area contributed by atoms with Gasteiger partial charge in [-0.2, -0.15) is 0 Å². The molecule has 0 unspecified atom stereocenters. The lowest BCUT2D eigenvalue weighted by atomic mass is 10.2. The number of hydrogen-bond acceptors (Lipinski definition) is 4. The fraction of sp³-hybridized carbons (Fsp3) is 0.625. The van der Waals surface area contributed by atoms with Gasteiger partial charge in [-0.05, 0) is 51.2 Å².